The van der Waals surface area contributed by atoms with E-state index in [4.69, 9.17) is 5.26 Å². The lowest BCUT2D eigenvalue weighted by Gasteiger charge is -2.31. The third kappa shape index (κ3) is 1.89. The average Bonchev–Trinajstić information content (AvgIpc) is 3.00. The molecule has 0 saturated carbocycles. The molecule has 1 aliphatic heterocycles. The van der Waals surface area contributed by atoms with Gasteiger partial charge in [0.2, 0.25) is 0 Å². The Hall–Kier alpha value is -3.40. The predicted octanol–water partition coefficient (Wildman–Crippen LogP) is 6.13. The number of hydrogen-bond donors (Lipinski definition) is 0. The number of rotatable bonds is 0. The second kappa shape index (κ2) is 5.10. The molecule has 0 unspecified atom stereocenters. The number of nitriles is 1. The van der Waals surface area contributed by atoms with Crippen LogP contribution in [0, 0.1) is 11.3 Å². The molecule has 0 amide bonds. The zero-order chi connectivity index (χ0) is 19.8. The van der Waals surface area contributed by atoms with Gasteiger partial charge in [-0.3, -0.25) is 0 Å². The number of alkyl halides is 5. The Kier molecular flexibility index (Phi) is 3.05. The van der Waals surface area contributed by atoms with Crippen molar-refractivity contribution in [2.45, 2.75) is 12.1 Å². The van der Waals surface area contributed by atoms with Gasteiger partial charge in [-0.15, -0.1) is 0 Å². The van der Waals surface area contributed by atoms with E-state index in [0.29, 0.717) is 16.3 Å². The second-order valence-electron chi connectivity index (χ2n) is 6.62. The smallest absolute Gasteiger partial charge is 0.308 e. The highest BCUT2D eigenvalue weighted by Crippen LogP contribution is 2.53. The number of para-hydroxylation sites is 2. The Morgan fingerprint density at radius 2 is 1.61 bits per heavy atom. The molecule has 0 aliphatic carbocycles. The summed E-state index contributed by atoms with van der Waals surface area (Å²) >= 11 is 0. The first-order valence-electron chi connectivity index (χ1n) is 8.32. The van der Waals surface area contributed by atoms with Crippen LogP contribution in [0.5, 0.6) is 0 Å². The summed E-state index contributed by atoms with van der Waals surface area (Å²) in [4.78, 5) is 0. The Bertz CT molecular complexity index is 1340. The average molecular weight is 384 g/mol. The minimum absolute atomic E-state index is 0.180. The molecule has 0 spiro atoms. The minimum Gasteiger partial charge on any atom is -0.308 e. The summed E-state index contributed by atoms with van der Waals surface area (Å²) < 4.78 is 73.7. The van der Waals surface area contributed by atoms with Gasteiger partial charge in [-0.25, -0.2) is 0 Å². The minimum atomic E-state index is -5.10. The fourth-order valence-electron chi connectivity index (χ4n) is 4.14. The van der Waals surface area contributed by atoms with Crippen LogP contribution >= 0.6 is 0 Å². The van der Waals surface area contributed by atoms with Crippen LogP contribution in [0.25, 0.3) is 27.5 Å². The summed E-state index contributed by atoms with van der Waals surface area (Å²) in [7, 11) is 0. The fourth-order valence-corrected chi connectivity index (χ4v) is 4.14. The molecule has 0 saturated heterocycles. The first kappa shape index (κ1) is 16.8. The third-order valence-corrected chi connectivity index (χ3v) is 5.18. The largest absolute Gasteiger partial charge is 0.418 e. The molecule has 3 aromatic carbocycles. The zero-order valence-corrected chi connectivity index (χ0v) is 14.0. The van der Waals surface area contributed by atoms with Crippen LogP contribution in [0.15, 0.2) is 54.6 Å². The van der Waals surface area contributed by atoms with Gasteiger partial charge in [0.25, 0.3) is 0 Å². The highest BCUT2D eigenvalue weighted by Gasteiger charge is 2.51. The van der Waals surface area contributed by atoms with Crippen LogP contribution in [0.2, 0.25) is 0 Å². The summed E-state index contributed by atoms with van der Waals surface area (Å²) in [6.07, 6.45) is -5.10. The maximum absolute atomic E-state index is 15.5. The van der Waals surface area contributed by atoms with Crippen molar-refractivity contribution in [1.82, 2.24) is 4.57 Å². The first-order valence-corrected chi connectivity index (χ1v) is 8.32. The van der Waals surface area contributed by atoms with E-state index in [1.807, 2.05) is 0 Å². The van der Waals surface area contributed by atoms with E-state index in [2.05, 4.69) is 0 Å². The zero-order valence-electron chi connectivity index (χ0n) is 14.0. The second-order valence-corrected chi connectivity index (χ2v) is 6.62. The predicted molar refractivity (Wildman–Crippen MR) is 93.5 cm³/mol. The molecule has 0 bridgehead atoms. The molecular formula is C21H9F5N2. The van der Waals surface area contributed by atoms with Crippen LogP contribution in [-0.2, 0) is 12.1 Å². The topological polar surface area (TPSA) is 28.7 Å². The SMILES string of the molecule is N#Cc1ccc2c(c1C(F)(F)F)C(F)(F)c1cccc3c4ccccc4n-2c13. The number of nitrogens with zero attached hydrogens (tertiary/aromatic N) is 2. The Morgan fingerprint density at radius 1 is 0.893 bits per heavy atom. The van der Waals surface area contributed by atoms with E-state index < -0.39 is 34.4 Å². The van der Waals surface area contributed by atoms with Crippen molar-refractivity contribution in [3.63, 3.8) is 0 Å². The third-order valence-electron chi connectivity index (χ3n) is 5.18. The fraction of sp³-hybridized carbons (Fsp3) is 0.0952. The Morgan fingerprint density at radius 3 is 2.32 bits per heavy atom. The number of aromatic nitrogens is 1. The van der Waals surface area contributed by atoms with E-state index in [1.165, 1.54) is 22.8 Å². The summed E-state index contributed by atoms with van der Waals surface area (Å²) in [6, 6.07) is 14.6. The normalized spacial score (nSPS) is 14.9. The molecule has 0 radical (unpaired) electrons. The van der Waals surface area contributed by atoms with Gasteiger partial charge < -0.3 is 4.57 Å². The lowest BCUT2D eigenvalue weighted by molar-refractivity contribution is -0.141. The molecule has 7 heteroatoms. The highest BCUT2D eigenvalue weighted by molar-refractivity contribution is 6.11. The molecule has 0 atom stereocenters. The van der Waals surface area contributed by atoms with Gasteiger partial charge in [-0.2, -0.15) is 27.2 Å². The Labute approximate surface area is 155 Å². The van der Waals surface area contributed by atoms with E-state index in [1.54, 1.807) is 30.3 Å². The van der Waals surface area contributed by atoms with Gasteiger partial charge in [-0.05, 0) is 18.2 Å². The van der Waals surface area contributed by atoms with Gasteiger partial charge in [0.1, 0.15) is 0 Å². The lowest BCUT2D eigenvalue weighted by Crippen LogP contribution is -2.28. The van der Waals surface area contributed by atoms with E-state index in [0.717, 1.165) is 12.1 Å². The number of fused-ring (bicyclic) bond motifs is 5. The van der Waals surface area contributed by atoms with Gasteiger partial charge in [-0.1, -0.05) is 36.4 Å². The van der Waals surface area contributed by atoms with Crippen molar-refractivity contribution in [3.05, 3.63) is 76.9 Å². The summed E-state index contributed by atoms with van der Waals surface area (Å²) in [5.74, 6) is -3.91. The summed E-state index contributed by atoms with van der Waals surface area (Å²) in [5.41, 5.74) is -3.65. The maximum atomic E-state index is 15.5. The van der Waals surface area contributed by atoms with Crippen molar-refractivity contribution >= 4 is 21.8 Å². The molecule has 1 aliphatic rings. The standard InChI is InChI=1S/C21H9F5N2/c22-20(23)14-6-3-5-13-12-4-1-2-7-15(12)28(19(13)14)16-9-8-11(10-27)17(18(16)20)21(24,25)26/h1-9H. The van der Waals surface area contributed by atoms with E-state index in [9.17, 15) is 13.2 Å². The van der Waals surface area contributed by atoms with Crippen molar-refractivity contribution in [3.8, 4) is 11.8 Å². The molecule has 5 rings (SSSR count). The molecule has 2 heterocycles. The molecule has 1 aromatic heterocycles. The molecule has 2 nitrogen and oxygen atoms in total. The van der Waals surface area contributed by atoms with Crippen LogP contribution in [0.1, 0.15) is 22.3 Å². The molecule has 28 heavy (non-hydrogen) atoms. The van der Waals surface area contributed by atoms with Crippen LogP contribution in [-0.4, -0.2) is 4.57 Å². The van der Waals surface area contributed by atoms with Crippen molar-refractivity contribution in [2.75, 3.05) is 0 Å². The van der Waals surface area contributed by atoms with Gasteiger partial charge in [0, 0.05) is 10.8 Å². The molecular weight excluding hydrogens is 375 g/mol. The van der Waals surface area contributed by atoms with Crippen molar-refractivity contribution in [1.29, 1.82) is 5.26 Å². The van der Waals surface area contributed by atoms with Crippen molar-refractivity contribution < 1.29 is 22.0 Å². The summed E-state index contributed by atoms with van der Waals surface area (Å²) in [5, 5.41) is 10.3. The molecule has 0 fully saturated rings. The van der Waals surface area contributed by atoms with E-state index >= 15 is 8.78 Å². The maximum Gasteiger partial charge on any atom is 0.418 e. The highest BCUT2D eigenvalue weighted by atomic mass is 19.4. The van der Waals surface area contributed by atoms with Crippen molar-refractivity contribution in [2.24, 2.45) is 0 Å². The monoisotopic (exact) mass is 384 g/mol. The molecule has 0 N–H and O–H groups in total. The lowest BCUT2D eigenvalue weighted by atomic mass is 9.87. The number of halogens is 5. The molecule has 4 aromatic rings. The van der Waals surface area contributed by atoms with Gasteiger partial charge >= 0.3 is 12.1 Å². The number of hydrogen-bond acceptors (Lipinski definition) is 1. The van der Waals surface area contributed by atoms with E-state index in [-0.39, 0.29) is 11.2 Å². The Balaban J connectivity index is 2.09. The van der Waals surface area contributed by atoms with Crippen LogP contribution in [0.3, 0.4) is 0 Å². The van der Waals surface area contributed by atoms with Crippen LogP contribution < -0.4 is 0 Å². The van der Waals surface area contributed by atoms with Crippen LogP contribution in [0.4, 0.5) is 22.0 Å². The quantitative estimate of drug-likeness (QED) is 0.335. The van der Waals surface area contributed by atoms with Gasteiger partial charge in [0.05, 0.1) is 45.0 Å². The molecule has 138 valence electrons. The summed E-state index contributed by atoms with van der Waals surface area (Å²) in [6.45, 7) is 0. The first-order chi connectivity index (χ1) is 13.3. The number of benzene rings is 3. The van der Waals surface area contributed by atoms with Gasteiger partial charge in [0.15, 0.2) is 0 Å².